The first-order valence-electron chi connectivity index (χ1n) is 6.68. The van der Waals surface area contributed by atoms with Crippen LogP contribution in [0.3, 0.4) is 0 Å². The molecule has 0 bridgehead atoms. The van der Waals surface area contributed by atoms with Gasteiger partial charge in [0.15, 0.2) is 0 Å². The van der Waals surface area contributed by atoms with E-state index >= 15 is 0 Å². The van der Waals surface area contributed by atoms with Crippen molar-refractivity contribution in [1.82, 2.24) is 0 Å². The molecule has 0 N–H and O–H groups in total. The van der Waals surface area contributed by atoms with Crippen LogP contribution in [-0.4, -0.2) is 12.2 Å². The molecule has 0 spiro atoms. The summed E-state index contributed by atoms with van der Waals surface area (Å²) in [4.78, 5) is 0. The van der Waals surface area contributed by atoms with Crippen LogP contribution in [0, 0.1) is 12.3 Å². The third kappa shape index (κ3) is 3.48. The van der Waals surface area contributed by atoms with Gasteiger partial charge in [-0.25, -0.2) is 0 Å². The third-order valence-corrected chi connectivity index (χ3v) is 3.49. The Morgan fingerprint density at radius 2 is 1.89 bits per heavy atom. The molecule has 18 heavy (non-hydrogen) atoms. The number of hydrogen-bond acceptors (Lipinski definition) is 1. The molecule has 1 aliphatic rings. The maximum atomic E-state index is 5.92. The highest BCUT2D eigenvalue weighted by Gasteiger charge is 2.30. The first-order chi connectivity index (χ1) is 8.85. The van der Waals surface area contributed by atoms with Crippen LogP contribution in [0.25, 0.3) is 6.08 Å². The van der Waals surface area contributed by atoms with Crippen molar-refractivity contribution in [3.63, 3.8) is 0 Å². The quantitative estimate of drug-likeness (QED) is 0.721. The Morgan fingerprint density at radius 3 is 2.56 bits per heavy atom. The average molecular weight is 240 g/mol. The summed E-state index contributed by atoms with van der Waals surface area (Å²) in [6, 6.07) is 10.2. The molecule has 0 saturated heterocycles. The number of hydrogen-bond donors (Lipinski definition) is 0. The summed E-state index contributed by atoms with van der Waals surface area (Å²) in [6.07, 6.45) is 15.4. The first-order valence-corrected chi connectivity index (χ1v) is 6.68. The third-order valence-electron chi connectivity index (χ3n) is 3.49. The molecule has 0 atom stereocenters. The standard InChI is InChI=1S/C17H20O/c1-2-17(13-7-4-8-14-17)18-15-9-12-16-10-5-3-6-11-16/h1,3,5-6,9-12H,4,7-8,13-15H2/b12-9+. The molecule has 0 aromatic heterocycles. The van der Waals surface area contributed by atoms with E-state index in [1.165, 1.54) is 24.8 Å². The summed E-state index contributed by atoms with van der Waals surface area (Å²) in [5.74, 6) is 2.86. The molecule has 0 heterocycles. The zero-order chi connectivity index (χ0) is 12.7. The van der Waals surface area contributed by atoms with Crippen LogP contribution in [0.15, 0.2) is 36.4 Å². The van der Waals surface area contributed by atoms with Crippen molar-refractivity contribution in [2.45, 2.75) is 37.7 Å². The summed E-state index contributed by atoms with van der Waals surface area (Å²) in [5, 5.41) is 0. The van der Waals surface area contributed by atoms with Gasteiger partial charge in [-0.15, -0.1) is 6.42 Å². The molecule has 2 rings (SSSR count). The lowest BCUT2D eigenvalue weighted by molar-refractivity contribution is -0.0104. The maximum Gasteiger partial charge on any atom is 0.128 e. The van der Waals surface area contributed by atoms with Crippen molar-refractivity contribution >= 4 is 6.08 Å². The van der Waals surface area contributed by atoms with Crippen LogP contribution in [0.1, 0.15) is 37.7 Å². The zero-order valence-electron chi connectivity index (χ0n) is 10.8. The second-order valence-electron chi connectivity index (χ2n) is 4.82. The topological polar surface area (TPSA) is 9.23 Å². The summed E-state index contributed by atoms with van der Waals surface area (Å²) in [7, 11) is 0. The van der Waals surface area contributed by atoms with Crippen molar-refractivity contribution in [1.29, 1.82) is 0 Å². The largest absolute Gasteiger partial charge is 0.358 e. The number of ether oxygens (including phenoxy) is 1. The molecule has 1 heteroatoms. The monoisotopic (exact) mass is 240 g/mol. The predicted octanol–water partition coefficient (Wildman–Crippen LogP) is 4.05. The molecule has 1 aromatic carbocycles. The van der Waals surface area contributed by atoms with Gasteiger partial charge in [0, 0.05) is 0 Å². The van der Waals surface area contributed by atoms with Gasteiger partial charge in [0.1, 0.15) is 5.60 Å². The van der Waals surface area contributed by atoms with Gasteiger partial charge in [-0.2, -0.15) is 0 Å². The van der Waals surface area contributed by atoms with E-state index in [2.05, 4.69) is 24.1 Å². The lowest BCUT2D eigenvalue weighted by Gasteiger charge is -2.32. The summed E-state index contributed by atoms with van der Waals surface area (Å²) < 4.78 is 5.92. The van der Waals surface area contributed by atoms with Gasteiger partial charge < -0.3 is 4.74 Å². The summed E-state index contributed by atoms with van der Waals surface area (Å²) in [6.45, 7) is 0.596. The molecule has 0 amide bonds. The van der Waals surface area contributed by atoms with Crippen LogP contribution in [0.4, 0.5) is 0 Å². The lowest BCUT2D eigenvalue weighted by Crippen LogP contribution is -2.33. The molecule has 1 saturated carbocycles. The highest BCUT2D eigenvalue weighted by molar-refractivity contribution is 5.48. The van der Waals surface area contributed by atoms with Gasteiger partial charge >= 0.3 is 0 Å². The highest BCUT2D eigenvalue weighted by atomic mass is 16.5. The Morgan fingerprint density at radius 1 is 1.17 bits per heavy atom. The van der Waals surface area contributed by atoms with E-state index in [-0.39, 0.29) is 5.60 Å². The Kier molecular flexibility index (Phi) is 4.61. The van der Waals surface area contributed by atoms with Crippen molar-refractivity contribution < 1.29 is 4.74 Å². The van der Waals surface area contributed by atoms with Crippen molar-refractivity contribution in [2.24, 2.45) is 0 Å². The smallest absolute Gasteiger partial charge is 0.128 e. The van der Waals surface area contributed by atoms with Gasteiger partial charge in [0.05, 0.1) is 6.61 Å². The fourth-order valence-electron chi connectivity index (χ4n) is 2.41. The van der Waals surface area contributed by atoms with Gasteiger partial charge in [-0.05, 0) is 31.2 Å². The van der Waals surface area contributed by atoms with E-state index in [0.717, 1.165) is 12.8 Å². The number of benzene rings is 1. The van der Waals surface area contributed by atoms with Gasteiger partial charge in [-0.3, -0.25) is 0 Å². The molecule has 1 aromatic rings. The van der Waals surface area contributed by atoms with E-state index in [1.54, 1.807) is 0 Å². The number of rotatable bonds is 4. The Bertz CT molecular complexity index is 419. The van der Waals surface area contributed by atoms with Gasteiger partial charge in [0.25, 0.3) is 0 Å². The normalized spacial score (nSPS) is 18.6. The van der Waals surface area contributed by atoms with E-state index in [0.29, 0.717) is 6.61 Å². The van der Waals surface area contributed by atoms with Crippen LogP contribution in [0.5, 0.6) is 0 Å². The van der Waals surface area contributed by atoms with Crippen molar-refractivity contribution in [2.75, 3.05) is 6.61 Å². The highest BCUT2D eigenvalue weighted by Crippen LogP contribution is 2.30. The fraction of sp³-hybridized carbons (Fsp3) is 0.412. The van der Waals surface area contributed by atoms with Crippen LogP contribution < -0.4 is 0 Å². The Labute approximate surface area is 110 Å². The number of terminal acetylenes is 1. The minimum absolute atomic E-state index is 0.306. The van der Waals surface area contributed by atoms with Crippen molar-refractivity contribution in [3.05, 3.63) is 42.0 Å². The SMILES string of the molecule is C#CC1(OC/C=C/c2ccccc2)CCCCC1. The average Bonchev–Trinajstić information content (AvgIpc) is 2.46. The Hall–Kier alpha value is -1.52. The molecule has 1 fully saturated rings. The molecular weight excluding hydrogens is 220 g/mol. The maximum absolute atomic E-state index is 5.92. The molecule has 0 unspecified atom stereocenters. The van der Waals surface area contributed by atoms with E-state index in [4.69, 9.17) is 11.2 Å². The molecule has 0 radical (unpaired) electrons. The van der Waals surface area contributed by atoms with E-state index in [9.17, 15) is 0 Å². The summed E-state index contributed by atoms with van der Waals surface area (Å²) in [5.41, 5.74) is 0.888. The van der Waals surface area contributed by atoms with Crippen LogP contribution >= 0.6 is 0 Å². The predicted molar refractivity (Wildman–Crippen MR) is 76.1 cm³/mol. The minimum Gasteiger partial charge on any atom is -0.358 e. The zero-order valence-corrected chi connectivity index (χ0v) is 10.8. The second kappa shape index (κ2) is 6.42. The second-order valence-corrected chi connectivity index (χ2v) is 4.82. The molecule has 1 nitrogen and oxygen atoms in total. The minimum atomic E-state index is -0.306. The lowest BCUT2D eigenvalue weighted by atomic mass is 9.85. The Balaban J connectivity index is 1.84. The van der Waals surface area contributed by atoms with Crippen LogP contribution in [0.2, 0.25) is 0 Å². The van der Waals surface area contributed by atoms with E-state index < -0.39 is 0 Å². The molecule has 94 valence electrons. The van der Waals surface area contributed by atoms with Crippen molar-refractivity contribution in [3.8, 4) is 12.3 Å². The molecular formula is C17H20O. The van der Waals surface area contributed by atoms with Gasteiger partial charge in [-0.1, -0.05) is 54.8 Å². The first kappa shape index (κ1) is 12.9. The summed E-state index contributed by atoms with van der Waals surface area (Å²) >= 11 is 0. The molecule has 1 aliphatic carbocycles. The fourth-order valence-corrected chi connectivity index (χ4v) is 2.41. The molecule has 0 aliphatic heterocycles. The van der Waals surface area contributed by atoms with E-state index in [1.807, 2.05) is 24.3 Å². The van der Waals surface area contributed by atoms with Gasteiger partial charge in [0.2, 0.25) is 0 Å². The van der Waals surface area contributed by atoms with Crippen LogP contribution in [-0.2, 0) is 4.74 Å².